The van der Waals surface area contributed by atoms with Gasteiger partial charge in [0, 0.05) is 26.2 Å². The number of alkyl halides is 2. The number of benzene rings is 1. The van der Waals surface area contributed by atoms with Gasteiger partial charge >= 0.3 is 0 Å². The van der Waals surface area contributed by atoms with Crippen molar-refractivity contribution in [3.05, 3.63) is 18.2 Å². The highest BCUT2D eigenvalue weighted by molar-refractivity contribution is 6.47. The van der Waals surface area contributed by atoms with Crippen LogP contribution in [-0.2, 0) is 0 Å². The Morgan fingerprint density at radius 1 is 1.22 bits per heavy atom. The fourth-order valence-electron chi connectivity index (χ4n) is 2.23. The van der Waals surface area contributed by atoms with Gasteiger partial charge in [0.25, 0.3) is 4.52 Å². The number of piperazine rings is 1. The lowest BCUT2D eigenvalue weighted by Crippen LogP contribution is -2.44. The molecular formula is C12H14Cl2N2O2. The van der Waals surface area contributed by atoms with E-state index in [2.05, 4.69) is 10.2 Å². The largest absolute Gasteiger partial charge is 0.481 e. The zero-order chi connectivity index (χ0) is 12.6. The van der Waals surface area contributed by atoms with Crippen LogP contribution in [0.3, 0.4) is 0 Å². The Hall–Kier alpha value is -0.840. The molecule has 0 unspecified atom stereocenters. The molecule has 1 fully saturated rings. The van der Waals surface area contributed by atoms with Crippen LogP contribution in [0.1, 0.15) is 0 Å². The van der Waals surface area contributed by atoms with Crippen LogP contribution in [0.25, 0.3) is 0 Å². The Labute approximate surface area is 116 Å². The first-order valence-electron chi connectivity index (χ1n) is 5.94. The van der Waals surface area contributed by atoms with Crippen molar-refractivity contribution < 1.29 is 9.47 Å². The average molecular weight is 289 g/mol. The van der Waals surface area contributed by atoms with Crippen LogP contribution in [-0.4, -0.2) is 37.3 Å². The van der Waals surface area contributed by atoms with E-state index in [1.54, 1.807) is 0 Å². The first kappa shape index (κ1) is 12.2. The van der Waals surface area contributed by atoms with Crippen LogP contribution in [0, 0.1) is 0 Å². The van der Waals surface area contributed by atoms with Gasteiger partial charge in [-0.3, -0.25) is 0 Å². The molecule has 0 radical (unpaired) electrons. The van der Waals surface area contributed by atoms with E-state index in [1.807, 2.05) is 18.2 Å². The number of anilines is 1. The minimum absolute atomic E-state index is 0.131. The molecule has 1 aromatic rings. The molecule has 2 aliphatic rings. The first-order chi connectivity index (χ1) is 8.66. The number of hydrogen-bond donors (Lipinski definition) is 1. The maximum absolute atomic E-state index is 5.93. The first-order valence-corrected chi connectivity index (χ1v) is 6.70. The molecule has 0 atom stereocenters. The standard InChI is InChI=1S/C12H14Cl2N2O2/c13-12(14)8-17-11-9(2-1-3-10(11)18-12)16-6-4-15-5-7-16/h1-3,15H,4-8H2. The third-order valence-corrected chi connectivity index (χ3v) is 3.43. The Morgan fingerprint density at radius 2 is 2.00 bits per heavy atom. The summed E-state index contributed by atoms with van der Waals surface area (Å²) in [6.07, 6.45) is 0. The maximum atomic E-state index is 5.93. The number of hydrogen-bond acceptors (Lipinski definition) is 4. The lowest BCUT2D eigenvalue weighted by Gasteiger charge is -2.34. The van der Waals surface area contributed by atoms with Gasteiger partial charge in [-0.05, 0) is 12.1 Å². The van der Waals surface area contributed by atoms with Crippen LogP contribution in [0.2, 0.25) is 0 Å². The summed E-state index contributed by atoms with van der Waals surface area (Å²) in [5, 5.41) is 3.32. The maximum Gasteiger partial charge on any atom is 0.292 e. The topological polar surface area (TPSA) is 33.7 Å². The molecule has 0 aliphatic carbocycles. The Balaban J connectivity index is 1.92. The molecule has 4 nitrogen and oxygen atoms in total. The third-order valence-electron chi connectivity index (χ3n) is 3.06. The highest BCUT2D eigenvalue weighted by Gasteiger charge is 2.35. The predicted molar refractivity (Wildman–Crippen MR) is 72.1 cm³/mol. The summed E-state index contributed by atoms with van der Waals surface area (Å²) >= 11 is 11.9. The molecule has 98 valence electrons. The van der Waals surface area contributed by atoms with Crippen LogP contribution < -0.4 is 19.7 Å². The molecule has 18 heavy (non-hydrogen) atoms. The highest BCUT2D eigenvalue weighted by Crippen LogP contribution is 2.44. The van der Waals surface area contributed by atoms with Gasteiger partial charge in [-0.25, -0.2) is 0 Å². The third kappa shape index (κ3) is 2.32. The average Bonchev–Trinajstić information content (AvgIpc) is 2.37. The molecule has 0 bridgehead atoms. The summed E-state index contributed by atoms with van der Waals surface area (Å²) < 4.78 is 9.89. The lowest BCUT2D eigenvalue weighted by atomic mass is 10.2. The molecular weight excluding hydrogens is 275 g/mol. The molecule has 2 heterocycles. The smallest absolute Gasteiger partial charge is 0.292 e. The monoisotopic (exact) mass is 288 g/mol. The Bertz CT molecular complexity index is 448. The van der Waals surface area contributed by atoms with Gasteiger partial charge in [0.15, 0.2) is 18.1 Å². The molecule has 3 rings (SSSR count). The van der Waals surface area contributed by atoms with Crippen LogP contribution in [0.15, 0.2) is 18.2 Å². The van der Waals surface area contributed by atoms with E-state index < -0.39 is 4.52 Å². The minimum Gasteiger partial charge on any atom is -0.481 e. The van der Waals surface area contributed by atoms with E-state index in [0.29, 0.717) is 5.75 Å². The summed E-state index contributed by atoms with van der Waals surface area (Å²) in [7, 11) is 0. The second kappa shape index (κ2) is 4.68. The molecule has 0 saturated carbocycles. The van der Waals surface area contributed by atoms with Gasteiger partial charge in [-0.2, -0.15) is 0 Å². The summed E-state index contributed by atoms with van der Waals surface area (Å²) in [5.41, 5.74) is 1.04. The summed E-state index contributed by atoms with van der Waals surface area (Å²) in [6, 6.07) is 5.78. The van der Waals surface area contributed by atoms with E-state index in [9.17, 15) is 0 Å². The van der Waals surface area contributed by atoms with E-state index in [0.717, 1.165) is 37.6 Å². The van der Waals surface area contributed by atoms with Crippen molar-refractivity contribution in [3.8, 4) is 11.5 Å². The number of nitrogens with one attached hydrogen (secondary N) is 1. The normalized spacial score (nSPS) is 21.8. The molecule has 1 N–H and O–H groups in total. The van der Waals surface area contributed by atoms with E-state index in [1.165, 1.54) is 0 Å². The number of para-hydroxylation sites is 1. The minimum atomic E-state index is -1.30. The van der Waals surface area contributed by atoms with Crippen molar-refractivity contribution >= 4 is 28.9 Å². The highest BCUT2D eigenvalue weighted by atomic mass is 35.5. The second-order valence-corrected chi connectivity index (χ2v) is 5.78. The van der Waals surface area contributed by atoms with Crippen LogP contribution in [0.5, 0.6) is 11.5 Å². The van der Waals surface area contributed by atoms with E-state index >= 15 is 0 Å². The van der Waals surface area contributed by atoms with Crippen LogP contribution in [0.4, 0.5) is 5.69 Å². The summed E-state index contributed by atoms with van der Waals surface area (Å²) in [4.78, 5) is 2.27. The van der Waals surface area contributed by atoms with E-state index in [4.69, 9.17) is 32.7 Å². The quantitative estimate of drug-likeness (QED) is 0.802. The number of ether oxygens (including phenoxy) is 2. The predicted octanol–water partition coefficient (Wildman–Crippen LogP) is 2.00. The van der Waals surface area contributed by atoms with Gasteiger partial charge in [0.2, 0.25) is 0 Å². The fourth-order valence-corrected chi connectivity index (χ4v) is 2.51. The zero-order valence-corrected chi connectivity index (χ0v) is 11.3. The second-order valence-electron chi connectivity index (χ2n) is 4.37. The van der Waals surface area contributed by atoms with Crippen molar-refractivity contribution in [2.24, 2.45) is 0 Å². The van der Waals surface area contributed by atoms with Crippen molar-refractivity contribution in [2.45, 2.75) is 4.52 Å². The number of halogens is 2. The van der Waals surface area contributed by atoms with Crippen molar-refractivity contribution in [2.75, 3.05) is 37.7 Å². The summed E-state index contributed by atoms with van der Waals surface area (Å²) in [5.74, 6) is 1.33. The molecule has 0 amide bonds. The molecule has 6 heteroatoms. The van der Waals surface area contributed by atoms with Gasteiger partial charge in [-0.15, -0.1) is 0 Å². The van der Waals surface area contributed by atoms with E-state index in [-0.39, 0.29) is 6.61 Å². The number of nitrogens with zero attached hydrogens (tertiary/aromatic N) is 1. The van der Waals surface area contributed by atoms with Gasteiger partial charge < -0.3 is 19.7 Å². The fraction of sp³-hybridized carbons (Fsp3) is 0.500. The number of rotatable bonds is 1. The number of fused-ring (bicyclic) bond motifs is 1. The Morgan fingerprint density at radius 3 is 2.78 bits per heavy atom. The SMILES string of the molecule is ClC1(Cl)COc2c(cccc2N2CCNCC2)O1. The van der Waals surface area contributed by atoms with Gasteiger partial charge in [0.1, 0.15) is 0 Å². The molecule has 0 spiro atoms. The lowest BCUT2D eigenvalue weighted by molar-refractivity contribution is 0.117. The van der Waals surface area contributed by atoms with Crippen LogP contribution >= 0.6 is 23.2 Å². The molecule has 2 aliphatic heterocycles. The summed E-state index contributed by atoms with van der Waals surface area (Å²) in [6.45, 7) is 3.98. The van der Waals surface area contributed by atoms with Crippen molar-refractivity contribution in [3.63, 3.8) is 0 Å². The molecule has 1 aromatic carbocycles. The molecule has 0 aromatic heterocycles. The van der Waals surface area contributed by atoms with Gasteiger partial charge in [-0.1, -0.05) is 29.3 Å². The van der Waals surface area contributed by atoms with Crippen molar-refractivity contribution in [1.82, 2.24) is 5.32 Å². The molecule has 1 saturated heterocycles. The van der Waals surface area contributed by atoms with Crippen molar-refractivity contribution in [1.29, 1.82) is 0 Å². The Kier molecular flexibility index (Phi) is 3.18. The zero-order valence-electron chi connectivity index (χ0n) is 9.79. The van der Waals surface area contributed by atoms with Gasteiger partial charge in [0.05, 0.1) is 5.69 Å².